The lowest BCUT2D eigenvalue weighted by Gasteiger charge is -2.35. The summed E-state index contributed by atoms with van der Waals surface area (Å²) in [5.74, 6) is -0.0388. The molecule has 0 aromatic heterocycles. The van der Waals surface area contributed by atoms with Crippen LogP contribution in [0.4, 0.5) is 0 Å². The molecule has 6 nitrogen and oxygen atoms in total. The van der Waals surface area contributed by atoms with E-state index in [0.717, 1.165) is 29.7 Å². The van der Waals surface area contributed by atoms with Crippen molar-refractivity contribution in [3.8, 4) is 5.75 Å². The van der Waals surface area contributed by atoms with Gasteiger partial charge in [0.2, 0.25) is 5.91 Å². The van der Waals surface area contributed by atoms with E-state index < -0.39 is 17.5 Å². The van der Waals surface area contributed by atoms with E-state index in [1.54, 1.807) is 12.0 Å². The maximum Gasteiger partial charge on any atom is 0.306 e. The first-order chi connectivity index (χ1) is 11.5. The number of carboxylic acids is 1. The molecule has 3 rings (SSSR count). The highest BCUT2D eigenvalue weighted by atomic mass is 16.5. The van der Waals surface area contributed by atoms with E-state index in [4.69, 9.17) is 14.6 Å². The number of carbonyl (C=O) groups is 2. The lowest BCUT2D eigenvalue weighted by Crippen LogP contribution is -2.49. The van der Waals surface area contributed by atoms with Crippen molar-refractivity contribution in [2.45, 2.75) is 37.7 Å². The first-order valence-corrected chi connectivity index (χ1v) is 8.24. The summed E-state index contributed by atoms with van der Waals surface area (Å²) in [6.45, 7) is 3.22. The molecule has 1 saturated heterocycles. The Morgan fingerprint density at radius 3 is 2.79 bits per heavy atom. The van der Waals surface area contributed by atoms with Crippen LogP contribution in [0.3, 0.4) is 0 Å². The van der Waals surface area contributed by atoms with Crippen LogP contribution in [0, 0.1) is 6.92 Å². The highest BCUT2D eigenvalue weighted by Gasteiger charge is 2.53. The fourth-order valence-electron chi connectivity index (χ4n) is 3.39. The molecular formula is C18H23NO5. The zero-order chi connectivity index (χ0) is 17.3. The van der Waals surface area contributed by atoms with Gasteiger partial charge in [0.25, 0.3) is 0 Å². The summed E-state index contributed by atoms with van der Waals surface area (Å²) >= 11 is 0. The molecular weight excluding hydrogens is 310 g/mol. The van der Waals surface area contributed by atoms with Gasteiger partial charge in [0.05, 0.1) is 31.7 Å². The Morgan fingerprint density at radius 2 is 2.17 bits per heavy atom. The summed E-state index contributed by atoms with van der Waals surface area (Å²) in [6, 6.07) is 5.93. The van der Waals surface area contributed by atoms with Gasteiger partial charge in [0.1, 0.15) is 5.75 Å². The quantitative estimate of drug-likeness (QED) is 0.888. The zero-order valence-corrected chi connectivity index (χ0v) is 14.1. The van der Waals surface area contributed by atoms with Gasteiger partial charge in [-0.2, -0.15) is 0 Å². The van der Waals surface area contributed by atoms with E-state index in [2.05, 4.69) is 0 Å². The van der Waals surface area contributed by atoms with Crippen molar-refractivity contribution in [2.75, 3.05) is 26.8 Å². The van der Waals surface area contributed by atoms with Crippen LogP contribution >= 0.6 is 0 Å². The molecule has 0 bridgehead atoms. The fourth-order valence-corrected chi connectivity index (χ4v) is 3.39. The van der Waals surface area contributed by atoms with E-state index >= 15 is 0 Å². The average Bonchev–Trinajstić information content (AvgIpc) is 3.36. The maximum atomic E-state index is 13.1. The van der Waals surface area contributed by atoms with Crippen molar-refractivity contribution in [3.05, 3.63) is 29.3 Å². The number of amides is 1. The largest absolute Gasteiger partial charge is 0.496 e. The topological polar surface area (TPSA) is 76.1 Å². The SMILES string of the molecule is COc1cc(C2(C(=O)N3CCOC(CC(=O)O)C3)CC2)ccc1C. The third kappa shape index (κ3) is 3.11. The Kier molecular flexibility index (Phi) is 4.49. The highest BCUT2D eigenvalue weighted by molar-refractivity contribution is 5.91. The van der Waals surface area contributed by atoms with E-state index in [9.17, 15) is 9.59 Å². The van der Waals surface area contributed by atoms with Gasteiger partial charge in [-0.15, -0.1) is 0 Å². The molecule has 1 aliphatic carbocycles. The van der Waals surface area contributed by atoms with Crippen molar-refractivity contribution in [2.24, 2.45) is 0 Å². The monoisotopic (exact) mass is 333 g/mol. The van der Waals surface area contributed by atoms with Crippen LogP contribution < -0.4 is 4.74 Å². The molecule has 130 valence electrons. The number of benzene rings is 1. The van der Waals surface area contributed by atoms with Gasteiger partial charge in [-0.05, 0) is 37.0 Å². The summed E-state index contributed by atoms with van der Waals surface area (Å²) in [5, 5.41) is 8.93. The molecule has 1 heterocycles. The standard InChI is InChI=1S/C18H23NO5/c1-12-3-4-13(9-15(12)23-2)18(5-6-18)17(22)19-7-8-24-14(11-19)10-16(20)21/h3-4,9,14H,5-8,10-11H2,1-2H3,(H,20,21). The maximum absolute atomic E-state index is 13.1. The molecule has 0 radical (unpaired) electrons. The second kappa shape index (κ2) is 6.43. The lowest BCUT2D eigenvalue weighted by atomic mass is 9.92. The molecule has 6 heteroatoms. The summed E-state index contributed by atoms with van der Waals surface area (Å²) in [4.78, 5) is 25.7. The first kappa shape index (κ1) is 16.8. The molecule has 24 heavy (non-hydrogen) atoms. The molecule has 0 spiro atoms. The summed E-state index contributed by atoms with van der Waals surface area (Å²) in [7, 11) is 1.63. The predicted octanol–water partition coefficient (Wildman–Crippen LogP) is 1.74. The Labute approximate surface area is 141 Å². The Morgan fingerprint density at radius 1 is 1.42 bits per heavy atom. The minimum Gasteiger partial charge on any atom is -0.496 e. The second-order valence-corrected chi connectivity index (χ2v) is 6.61. The number of ether oxygens (including phenoxy) is 2. The number of rotatable bonds is 5. The van der Waals surface area contributed by atoms with Gasteiger partial charge in [-0.25, -0.2) is 0 Å². The molecule has 1 N–H and O–H groups in total. The Bertz CT molecular complexity index is 653. The predicted molar refractivity (Wildman–Crippen MR) is 87.2 cm³/mol. The number of methoxy groups -OCH3 is 1. The van der Waals surface area contributed by atoms with E-state index in [1.807, 2.05) is 25.1 Å². The van der Waals surface area contributed by atoms with Crippen molar-refractivity contribution in [3.63, 3.8) is 0 Å². The number of nitrogens with zero attached hydrogens (tertiary/aromatic N) is 1. The average molecular weight is 333 g/mol. The van der Waals surface area contributed by atoms with Gasteiger partial charge < -0.3 is 19.5 Å². The number of aliphatic carboxylic acids is 1. The van der Waals surface area contributed by atoms with Crippen LogP contribution in [0.15, 0.2) is 18.2 Å². The van der Waals surface area contributed by atoms with Gasteiger partial charge in [0.15, 0.2) is 0 Å². The third-order valence-corrected chi connectivity index (χ3v) is 4.95. The van der Waals surface area contributed by atoms with Crippen molar-refractivity contribution >= 4 is 11.9 Å². The smallest absolute Gasteiger partial charge is 0.306 e. The fraction of sp³-hybridized carbons (Fsp3) is 0.556. The molecule has 1 amide bonds. The number of carboxylic acid groups (broad SMARTS) is 1. The van der Waals surface area contributed by atoms with E-state index in [1.165, 1.54) is 0 Å². The minimum atomic E-state index is -0.904. The number of hydrogen-bond acceptors (Lipinski definition) is 4. The second-order valence-electron chi connectivity index (χ2n) is 6.61. The van der Waals surface area contributed by atoms with Crippen LogP contribution in [0.1, 0.15) is 30.4 Å². The molecule has 2 fully saturated rings. The van der Waals surface area contributed by atoms with Crippen molar-refractivity contribution in [1.82, 2.24) is 4.90 Å². The van der Waals surface area contributed by atoms with Gasteiger partial charge in [-0.3, -0.25) is 9.59 Å². The lowest BCUT2D eigenvalue weighted by molar-refractivity contribution is -0.149. The van der Waals surface area contributed by atoms with Crippen LogP contribution in [0.5, 0.6) is 5.75 Å². The number of hydrogen-bond donors (Lipinski definition) is 1. The number of aryl methyl sites for hydroxylation is 1. The van der Waals surface area contributed by atoms with Crippen LogP contribution in [0.2, 0.25) is 0 Å². The molecule has 1 atom stereocenters. The van der Waals surface area contributed by atoms with Crippen molar-refractivity contribution in [1.29, 1.82) is 0 Å². The molecule has 1 unspecified atom stereocenters. The molecule has 1 aromatic rings. The molecule has 2 aliphatic rings. The molecule has 1 aromatic carbocycles. The summed E-state index contributed by atoms with van der Waals surface area (Å²) < 4.78 is 10.8. The normalized spacial score (nSPS) is 22.1. The van der Waals surface area contributed by atoms with Crippen LogP contribution in [-0.4, -0.2) is 54.8 Å². The summed E-state index contributed by atoms with van der Waals surface area (Å²) in [5.41, 5.74) is 1.54. The number of morpholine rings is 1. The summed E-state index contributed by atoms with van der Waals surface area (Å²) in [6.07, 6.45) is 1.14. The van der Waals surface area contributed by atoms with Gasteiger partial charge >= 0.3 is 5.97 Å². The highest BCUT2D eigenvalue weighted by Crippen LogP contribution is 2.50. The third-order valence-electron chi connectivity index (χ3n) is 4.95. The number of carbonyl (C=O) groups excluding carboxylic acids is 1. The Balaban J connectivity index is 1.77. The zero-order valence-electron chi connectivity index (χ0n) is 14.1. The van der Waals surface area contributed by atoms with Crippen molar-refractivity contribution < 1.29 is 24.2 Å². The minimum absolute atomic E-state index is 0.0743. The molecule has 1 saturated carbocycles. The Hall–Kier alpha value is -2.08. The van der Waals surface area contributed by atoms with E-state index in [-0.39, 0.29) is 12.3 Å². The van der Waals surface area contributed by atoms with Gasteiger partial charge in [0, 0.05) is 13.1 Å². The van der Waals surface area contributed by atoms with Gasteiger partial charge in [-0.1, -0.05) is 12.1 Å². The molecule has 1 aliphatic heterocycles. The van der Waals surface area contributed by atoms with Crippen LogP contribution in [-0.2, 0) is 19.7 Å². The van der Waals surface area contributed by atoms with Crippen LogP contribution in [0.25, 0.3) is 0 Å². The van der Waals surface area contributed by atoms with E-state index in [0.29, 0.717) is 19.7 Å². The first-order valence-electron chi connectivity index (χ1n) is 8.24.